The largest absolute Gasteiger partial charge is 0.396 e. The van der Waals surface area contributed by atoms with Gasteiger partial charge in [-0.15, -0.1) is 11.3 Å². The third-order valence-electron chi connectivity index (χ3n) is 1.97. The second-order valence-electron chi connectivity index (χ2n) is 2.97. The van der Waals surface area contributed by atoms with Crippen LogP contribution >= 0.6 is 34.5 Å². The predicted octanol–water partition coefficient (Wildman–Crippen LogP) is 4.44. The number of benzene rings is 1. The van der Waals surface area contributed by atoms with Gasteiger partial charge in [-0.25, -0.2) is 4.39 Å². The Hall–Kier alpha value is -0.770. The molecule has 1 aromatic heterocycles. The normalized spacial score (nSPS) is 10.6. The summed E-state index contributed by atoms with van der Waals surface area (Å²) in [6, 6.07) is 6.27. The van der Waals surface area contributed by atoms with E-state index in [-0.39, 0.29) is 5.69 Å². The molecule has 15 heavy (non-hydrogen) atoms. The first-order valence-electron chi connectivity index (χ1n) is 4.08. The van der Waals surface area contributed by atoms with Gasteiger partial charge in [0.15, 0.2) is 0 Å². The predicted molar refractivity (Wildman–Crippen MR) is 64.1 cm³/mol. The van der Waals surface area contributed by atoms with E-state index in [9.17, 15) is 4.39 Å². The summed E-state index contributed by atoms with van der Waals surface area (Å²) in [4.78, 5) is 0. The summed E-state index contributed by atoms with van der Waals surface area (Å²) in [7, 11) is 0. The molecule has 0 saturated heterocycles. The van der Waals surface area contributed by atoms with Crippen molar-refractivity contribution in [3.05, 3.63) is 38.8 Å². The molecule has 0 amide bonds. The van der Waals surface area contributed by atoms with E-state index < -0.39 is 5.82 Å². The molecular formula is C10H6Cl2FNS. The van der Waals surface area contributed by atoms with Gasteiger partial charge in [0.05, 0.1) is 10.0 Å². The minimum Gasteiger partial charge on any atom is -0.396 e. The highest BCUT2D eigenvalue weighted by atomic mass is 35.5. The monoisotopic (exact) mass is 261 g/mol. The molecule has 1 nitrogen and oxygen atoms in total. The van der Waals surface area contributed by atoms with Crippen LogP contribution < -0.4 is 5.73 Å². The van der Waals surface area contributed by atoms with Gasteiger partial charge in [-0.1, -0.05) is 29.3 Å². The quantitative estimate of drug-likeness (QED) is 0.755. The van der Waals surface area contributed by atoms with Crippen LogP contribution in [0.3, 0.4) is 0 Å². The van der Waals surface area contributed by atoms with E-state index in [1.807, 2.05) is 0 Å². The molecule has 78 valence electrons. The van der Waals surface area contributed by atoms with Crippen LogP contribution in [0.25, 0.3) is 11.1 Å². The highest BCUT2D eigenvalue weighted by molar-refractivity contribution is 7.20. The van der Waals surface area contributed by atoms with Crippen LogP contribution in [-0.2, 0) is 0 Å². The van der Waals surface area contributed by atoms with Crippen LogP contribution in [0.5, 0.6) is 0 Å². The number of anilines is 1. The summed E-state index contributed by atoms with van der Waals surface area (Å²) >= 11 is 13.0. The fraction of sp³-hybridized carbons (Fsp3) is 0. The van der Waals surface area contributed by atoms with Crippen LogP contribution in [-0.4, -0.2) is 0 Å². The Balaban J connectivity index is 2.54. The van der Waals surface area contributed by atoms with Crippen molar-refractivity contribution in [2.24, 2.45) is 0 Å². The smallest absolute Gasteiger partial charge is 0.146 e. The molecule has 0 aliphatic carbocycles. The topological polar surface area (TPSA) is 26.0 Å². The van der Waals surface area contributed by atoms with Crippen molar-refractivity contribution in [3.63, 3.8) is 0 Å². The van der Waals surface area contributed by atoms with Crippen molar-refractivity contribution in [1.82, 2.24) is 0 Å². The second-order valence-corrected chi connectivity index (χ2v) is 5.26. The SMILES string of the molecule is Nc1ccc(-c2cc(Cl)sc2Cl)cc1F. The van der Waals surface area contributed by atoms with E-state index in [1.54, 1.807) is 12.1 Å². The van der Waals surface area contributed by atoms with E-state index in [1.165, 1.54) is 23.5 Å². The van der Waals surface area contributed by atoms with Crippen LogP contribution in [0.2, 0.25) is 8.67 Å². The Labute approximate surface area is 100 Å². The maximum absolute atomic E-state index is 13.2. The van der Waals surface area contributed by atoms with Gasteiger partial charge in [0.1, 0.15) is 10.2 Å². The van der Waals surface area contributed by atoms with Gasteiger partial charge in [-0.2, -0.15) is 0 Å². The zero-order valence-electron chi connectivity index (χ0n) is 7.43. The number of thiophene rings is 1. The Kier molecular flexibility index (Phi) is 2.87. The van der Waals surface area contributed by atoms with Crippen molar-refractivity contribution in [2.45, 2.75) is 0 Å². The van der Waals surface area contributed by atoms with Gasteiger partial charge in [-0.05, 0) is 23.8 Å². The van der Waals surface area contributed by atoms with Crippen LogP contribution in [0.4, 0.5) is 10.1 Å². The molecule has 1 heterocycles. The summed E-state index contributed by atoms with van der Waals surface area (Å²) in [5, 5.41) is 0. The molecule has 0 aliphatic rings. The van der Waals surface area contributed by atoms with Crippen molar-refractivity contribution < 1.29 is 4.39 Å². The second kappa shape index (κ2) is 4.00. The maximum atomic E-state index is 13.2. The van der Waals surface area contributed by atoms with E-state index in [0.29, 0.717) is 14.2 Å². The van der Waals surface area contributed by atoms with Gasteiger partial charge >= 0.3 is 0 Å². The average molecular weight is 262 g/mol. The Morgan fingerprint density at radius 1 is 1.20 bits per heavy atom. The minimum atomic E-state index is -0.453. The number of rotatable bonds is 1. The standard InChI is InChI=1S/C10H6Cl2FNS/c11-9-4-6(10(12)15-9)5-1-2-8(14)7(13)3-5/h1-4H,14H2. The third kappa shape index (κ3) is 2.09. The molecule has 0 bridgehead atoms. The average Bonchev–Trinajstić information content (AvgIpc) is 2.50. The van der Waals surface area contributed by atoms with Gasteiger partial charge in [-0.3, -0.25) is 0 Å². The van der Waals surface area contributed by atoms with Gasteiger partial charge in [0.25, 0.3) is 0 Å². The van der Waals surface area contributed by atoms with Gasteiger partial charge in [0.2, 0.25) is 0 Å². The molecule has 0 saturated carbocycles. The molecule has 0 spiro atoms. The molecule has 0 fully saturated rings. The lowest BCUT2D eigenvalue weighted by Gasteiger charge is -2.01. The van der Waals surface area contributed by atoms with Crippen LogP contribution in [0.15, 0.2) is 24.3 Å². The number of nitrogen functional groups attached to an aromatic ring is 1. The van der Waals surface area contributed by atoms with Crippen molar-refractivity contribution in [1.29, 1.82) is 0 Å². The summed E-state index contributed by atoms with van der Waals surface area (Å²) in [6.45, 7) is 0. The van der Waals surface area contributed by atoms with E-state index in [4.69, 9.17) is 28.9 Å². The number of halogens is 3. The zero-order chi connectivity index (χ0) is 11.0. The highest BCUT2D eigenvalue weighted by Gasteiger charge is 2.09. The van der Waals surface area contributed by atoms with Crippen molar-refractivity contribution >= 4 is 40.2 Å². The number of nitrogens with two attached hydrogens (primary N) is 1. The molecular weight excluding hydrogens is 256 g/mol. The first-order chi connectivity index (χ1) is 7.08. The molecule has 0 radical (unpaired) electrons. The van der Waals surface area contributed by atoms with Crippen molar-refractivity contribution in [2.75, 3.05) is 5.73 Å². The fourth-order valence-electron chi connectivity index (χ4n) is 1.23. The highest BCUT2D eigenvalue weighted by Crippen LogP contribution is 2.38. The lowest BCUT2D eigenvalue weighted by atomic mass is 10.1. The molecule has 0 atom stereocenters. The van der Waals surface area contributed by atoms with Gasteiger partial charge < -0.3 is 5.73 Å². The minimum absolute atomic E-state index is 0.121. The van der Waals surface area contributed by atoms with E-state index >= 15 is 0 Å². The lowest BCUT2D eigenvalue weighted by Crippen LogP contribution is -1.89. The maximum Gasteiger partial charge on any atom is 0.146 e. The molecule has 1 aromatic carbocycles. The molecule has 2 N–H and O–H groups in total. The Bertz CT molecular complexity index is 510. The molecule has 2 rings (SSSR count). The van der Waals surface area contributed by atoms with E-state index in [0.717, 1.165) is 5.56 Å². The lowest BCUT2D eigenvalue weighted by molar-refractivity contribution is 0.633. The van der Waals surface area contributed by atoms with E-state index in [2.05, 4.69) is 0 Å². The Morgan fingerprint density at radius 3 is 2.47 bits per heavy atom. The molecule has 2 aromatic rings. The Morgan fingerprint density at radius 2 is 1.93 bits per heavy atom. The van der Waals surface area contributed by atoms with Crippen LogP contribution in [0, 0.1) is 5.82 Å². The first-order valence-corrected chi connectivity index (χ1v) is 5.65. The number of hydrogen-bond donors (Lipinski definition) is 1. The summed E-state index contributed by atoms with van der Waals surface area (Å²) < 4.78 is 14.3. The van der Waals surface area contributed by atoms with Crippen molar-refractivity contribution in [3.8, 4) is 11.1 Å². The third-order valence-corrected chi connectivity index (χ3v) is 3.46. The zero-order valence-corrected chi connectivity index (χ0v) is 9.76. The molecule has 0 aliphatic heterocycles. The summed E-state index contributed by atoms with van der Waals surface area (Å²) in [5.41, 5.74) is 6.90. The number of hydrogen-bond acceptors (Lipinski definition) is 2. The molecule has 0 unspecified atom stereocenters. The first kappa shape index (κ1) is 10.7. The van der Waals surface area contributed by atoms with Gasteiger partial charge in [0, 0.05) is 5.56 Å². The summed E-state index contributed by atoms with van der Waals surface area (Å²) in [6.07, 6.45) is 0. The van der Waals surface area contributed by atoms with Crippen LogP contribution in [0.1, 0.15) is 0 Å². The molecule has 5 heteroatoms. The fourth-order valence-corrected chi connectivity index (χ4v) is 2.74. The summed E-state index contributed by atoms with van der Waals surface area (Å²) in [5.74, 6) is -0.453.